The first-order chi connectivity index (χ1) is 24.8. The molecular formula is C40H49Cl2FN8O. The number of aromatic nitrogens is 2. The molecule has 7 N–H and O–H groups in total. The van der Waals surface area contributed by atoms with Crippen LogP contribution in [0.15, 0.2) is 42.2 Å². The first-order valence-electron chi connectivity index (χ1n) is 18.2. The third kappa shape index (κ3) is 7.89. The van der Waals surface area contributed by atoms with Crippen LogP contribution in [0.1, 0.15) is 88.7 Å². The lowest BCUT2D eigenvalue weighted by Gasteiger charge is -2.24. The first kappa shape index (κ1) is 37.9. The predicted octanol–water partition coefficient (Wildman–Crippen LogP) is 8.33. The Labute approximate surface area is 315 Å². The molecule has 0 spiro atoms. The molecule has 2 bridgehead atoms. The minimum atomic E-state index is -0.484. The van der Waals surface area contributed by atoms with Gasteiger partial charge in [0, 0.05) is 75.5 Å². The standard InChI is InChI=1S/C29H25Cl2FN4O.C6H15N3.C5H9N/c1-15-19-14-22(23-8-4-12-36(23)29(37)16-9-10-16)35-27(19)20-13-17(5-3-11-33)24(26(32)28(20)34-15)18-6-2-7-21(30)25(18)31;1-6(2,3)5(7)4-9-8;1-4-2-5(1)6-3-4/h2,6-7,13-14,16,23,35H,3-5,8-10,12H2,1H3;4,9H,7-8H2,1-3H3;4-6H,1-3H2/b;5-4-;. The number of nitrogens with one attached hydrogen (secondary N) is 3. The molecule has 2 saturated carbocycles. The highest BCUT2D eigenvalue weighted by Gasteiger charge is 2.39. The van der Waals surface area contributed by atoms with Gasteiger partial charge in [0.2, 0.25) is 5.91 Å². The Kier molecular flexibility index (Phi) is 11.4. The van der Waals surface area contributed by atoms with Gasteiger partial charge in [0.05, 0.1) is 27.7 Å². The van der Waals surface area contributed by atoms with Crippen LogP contribution >= 0.6 is 23.2 Å². The summed E-state index contributed by atoms with van der Waals surface area (Å²) < 4.78 is 16.3. The highest BCUT2D eigenvalue weighted by Crippen LogP contribution is 2.43. The summed E-state index contributed by atoms with van der Waals surface area (Å²) in [4.78, 5) is 23.1. The Morgan fingerprint density at radius 1 is 1.19 bits per heavy atom. The summed E-state index contributed by atoms with van der Waals surface area (Å²) >= 11 is 12.8. The summed E-state index contributed by atoms with van der Waals surface area (Å²) in [5.74, 6) is 6.03. The van der Waals surface area contributed by atoms with Gasteiger partial charge in [-0.05, 0) is 88.1 Å². The number of H-pyrrole nitrogens is 1. The molecule has 0 radical (unpaired) electrons. The molecule has 276 valence electrons. The molecule has 2 aromatic heterocycles. The van der Waals surface area contributed by atoms with Gasteiger partial charge in [-0.2, -0.15) is 5.26 Å². The maximum Gasteiger partial charge on any atom is 0.226 e. The molecule has 3 saturated heterocycles. The number of allylic oxidation sites excluding steroid dienone is 1. The Morgan fingerprint density at radius 2 is 1.94 bits per heavy atom. The summed E-state index contributed by atoms with van der Waals surface area (Å²) in [7, 11) is 0. The summed E-state index contributed by atoms with van der Waals surface area (Å²) in [5, 5.41) is 14.8. The number of halogens is 3. The Morgan fingerprint density at radius 3 is 2.52 bits per heavy atom. The van der Waals surface area contributed by atoms with E-state index in [-0.39, 0.29) is 40.2 Å². The van der Waals surface area contributed by atoms with E-state index in [1.807, 2.05) is 38.7 Å². The van der Waals surface area contributed by atoms with E-state index in [4.69, 9.17) is 34.8 Å². The summed E-state index contributed by atoms with van der Waals surface area (Å²) in [6.45, 7) is 10.0. The van der Waals surface area contributed by atoms with Crippen LogP contribution in [0, 0.1) is 41.3 Å². The van der Waals surface area contributed by atoms with Crippen LogP contribution < -0.4 is 22.3 Å². The fraction of sp³-hybridized carbons (Fsp3) is 0.475. The predicted molar refractivity (Wildman–Crippen MR) is 208 cm³/mol. The number of carbonyl (C=O) groups excluding carboxylic acids is 1. The van der Waals surface area contributed by atoms with E-state index in [1.54, 1.807) is 24.4 Å². The van der Waals surface area contributed by atoms with Gasteiger partial charge < -0.3 is 26.4 Å². The van der Waals surface area contributed by atoms with Crippen molar-refractivity contribution in [3.8, 4) is 17.2 Å². The summed E-state index contributed by atoms with van der Waals surface area (Å²) in [6, 6.07) is 12.2. The zero-order valence-corrected chi connectivity index (χ0v) is 31.9. The van der Waals surface area contributed by atoms with Gasteiger partial charge in [-0.3, -0.25) is 10.6 Å². The monoisotopic (exact) mass is 746 g/mol. The van der Waals surface area contributed by atoms with Crippen molar-refractivity contribution in [2.75, 3.05) is 13.1 Å². The smallest absolute Gasteiger partial charge is 0.226 e. The van der Waals surface area contributed by atoms with Crippen LogP contribution in [0.5, 0.6) is 0 Å². The molecule has 9 rings (SSSR count). The van der Waals surface area contributed by atoms with Gasteiger partial charge in [-0.1, -0.05) is 56.1 Å². The number of hydrogen-bond donors (Lipinski definition) is 5. The number of hydrazine groups is 1. The Balaban J connectivity index is 0.000000256. The van der Waals surface area contributed by atoms with E-state index in [1.165, 1.54) is 19.4 Å². The number of hydrogen-bond acceptors (Lipinski definition) is 7. The molecule has 2 aliphatic carbocycles. The lowest BCUT2D eigenvalue weighted by Crippen LogP contribution is -2.31. The molecule has 5 aliphatic rings. The topological polar surface area (TPSA) is 149 Å². The van der Waals surface area contributed by atoms with E-state index in [0.717, 1.165) is 66.5 Å². The molecule has 52 heavy (non-hydrogen) atoms. The number of amides is 1. The lowest BCUT2D eigenvalue weighted by molar-refractivity contribution is -0.133. The van der Waals surface area contributed by atoms with Crippen molar-refractivity contribution in [3.05, 3.63) is 75.0 Å². The molecule has 12 heteroatoms. The molecule has 2 aromatic carbocycles. The fourth-order valence-corrected chi connectivity index (χ4v) is 7.77. The van der Waals surface area contributed by atoms with Crippen molar-refractivity contribution >= 4 is 50.9 Å². The number of nitrogens with zero attached hydrogens (tertiary/aromatic N) is 3. The van der Waals surface area contributed by atoms with E-state index < -0.39 is 5.82 Å². The molecule has 5 fully saturated rings. The van der Waals surface area contributed by atoms with E-state index in [9.17, 15) is 10.1 Å². The summed E-state index contributed by atoms with van der Waals surface area (Å²) in [5.41, 5.74) is 12.9. The summed E-state index contributed by atoms with van der Waals surface area (Å²) in [6.07, 6.45) is 8.95. The minimum absolute atomic E-state index is 0.00632. The molecule has 5 heterocycles. The van der Waals surface area contributed by atoms with Crippen molar-refractivity contribution in [3.63, 3.8) is 0 Å². The van der Waals surface area contributed by atoms with Crippen molar-refractivity contribution in [1.82, 2.24) is 25.6 Å². The quantitative estimate of drug-likeness (QED) is 0.0984. The van der Waals surface area contributed by atoms with Gasteiger partial charge >= 0.3 is 0 Å². The van der Waals surface area contributed by atoms with Gasteiger partial charge in [0.15, 0.2) is 5.82 Å². The number of nitrogens with two attached hydrogens (primary N) is 2. The number of aromatic amines is 1. The SMILES string of the molecule is C1NC2CC1C2.CC(C)(C)/C(N)=C/NN.Cc1nc2c(F)c(-c3cccc(Cl)c3Cl)c(CCC#N)cc2c2[nH]c(C3CCCN3C(=O)C3CC3)cc12. The van der Waals surface area contributed by atoms with Crippen LogP contribution in [0.4, 0.5) is 4.39 Å². The fourth-order valence-electron chi connectivity index (χ4n) is 7.38. The maximum absolute atomic E-state index is 16.3. The molecular weight excluding hydrogens is 698 g/mol. The number of likely N-dealkylation sites (tertiary alicyclic amines) is 1. The second kappa shape index (κ2) is 15.6. The van der Waals surface area contributed by atoms with Crippen molar-refractivity contribution < 1.29 is 9.18 Å². The Hall–Kier alpha value is -3.88. The Bertz CT molecular complexity index is 2020. The van der Waals surface area contributed by atoms with Gasteiger partial charge in [-0.15, -0.1) is 0 Å². The molecule has 3 aliphatic heterocycles. The van der Waals surface area contributed by atoms with Crippen molar-refractivity contribution in [2.24, 2.45) is 28.8 Å². The zero-order chi connectivity index (χ0) is 37.3. The maximum atomic E-state index is 16.3. The second-order valence-corrected chi connectivity index (χ2v) is 16.3. The largest absolute Gasteiger partial charge is 0.400 e. The minimum Gasteiger partial charge on any atom is -0.400 e. The van der Waals surface area contributed by atoms with Gasteiger partial charge in [0.25, 0.3) is 0 Å². The van der Waals surface area contributed by atoms with Crippen molar-refractivity contribution in [2.45, 2.75) is 91.1 Å². The number of carbonyl (C=O) groups is 1. The number of rotatable bonds is 6. The van der Waals surface area contributed by atoms with Crippen LogP contribution in [0.3, 0.4) is 0 Å². The average molecular weight is 748 g/mol. The highest BCUT2D eigenvalue weighted by molar-refractivity contribution is 6.43. The lowest BCUT2D eigenvalue weighted by atomic mass is 9.87. The van der Waals surface area contributed by atoms with Crippen molar-refractivity contribution in [1.29, 1.82) is 5.26 Å². The highest BCUT2D eigenvalue weighted by atomic mass is 35.5. The van der Waals surface area contributed by atoms with E-state index in [0.29, 0.717) is 39.2 Å². The van der Waals surface area contributed by atoms with Crippen LogP contribution in [0.2, 0.25) is 10.0 Å². The number of fused-ring (bicyclic) bond motifs is 4. The normalized spacial score (nSPS) is 20.9. The van der Waals surface area contributed by atoms with Crippen LogP contribution in [0.25, 0.3) is 32.9 Å². The molecule has 1 unspecified atom stereocenters. The van der Waals surface area contributed by atoms with Crippen LogP contribution in [-0.2, 0) is 11.2 Å². The zero-order valence-electron chi connectivity index (χ0n) is 30.4. The molecule has 1 atom stereocenters. The van der Waals surface area contributed by atoms with Gasteiger partial charge in [0.1, 0.15) is 5.52 Å². The number of nitriles is 1. The molecule has 9 nitrogen and oxygen atoms in total. The molecule has 4 aromatic rings. The third-order valence-corrected chi connectivity index (χ3v) is 11.5. The first-order valence-corrected chi connectivity index (χ1v) is 19.0. The van der Waals surface area contributed by atoms with Gasteiger partial charge in [-0.25, -0.2) is 9.37 Å². The van der Waals surface area contributed by atoms with E-state index >= 15 is 4.39 Å². The molecule has 1 amide bonds. The number of aryl methyl sites for hydroxylation is 2. The number of pyridine rings is 1. The number of benzene rings is 2. The second-order valence-electron chi connectivity index (χ2n) is 15.5. The third-order valence-electron chi connectivity index (χ3n) is 10.7. The average Bonchev–Trinajstić information content (AvgIpc) is 3.50. The van der Waals surface area contributed by atoms with Crippen LogP contribution in [-0.4, -0.2) is 39.9 Å². The van der Waals surface area contributed by atoms with E-state index in [2.05, 4.69) is 32.8 Å².